The molecule has 1 nitrogen and oxygen atoms in total. The van der Waals surface area contributed by atoms with E-state index in [9.17, 15) is 4.79 Å². The maximum atomic E-state index is 9.17. The van der Waals surface area contributed by atoms with Crippen molar-refractivity contribution in [1.82, 2.24) is 0 Å². The Balaban J connectivity index is 0. The second-order valence-electron chi connectivity index (χ2n) is 0.575. The van der Waals surface area contributed by atoms with E-state index in [0.29, 0.717) is 6.42 Å². The molecule has 2 heteroatoms. The molecular weight excluding hydrogens is 171 g/mol. The maximum Gasteiger partial charge on any atom is 0.119 e. The average Bonchev–Trinajstić information content (AvgIpc) is 1.37. The maximum absolute atomic E-state index is 9.17. The number of hydrogen-bond acceptors (Lipinski definition) is 1. The summed E-state index contributed by atoms with van der Waals surface area (Å²) in [4.78, 5) is 9.17. The van der Waals surface area contributed by atoms with Gasteiger partial charge in [-0.25, -0.2) is 0 Å². The average molecular weight is 177 g/mol. The minimum atomic E-state index is 0. The van der Waals surface area contributed by atoms with Crippen LogP contribution in [-0.2, 0) is 4.79 Å². The second-order valence-corrected chi connectivity index (χ2v) is 0.575. The molecule has 0 aliphatic heterocycles. The van der Waals surface area contributed by atoms with Crippen molar-refractivity contribution >= 4 is 30.2 Å². The van der Waals surface area contributed by atoms with Gasteiger partial charge in [0.1, 0.15) is 6.29 Å². The van der Waals surface area contributed by atoms with Crippen LogP contribution in [0, 0.1) is 0 Å². The molecular formula is C3H6OSn. The summed E-state index contributed by atoms with van der Waals surface area (Å²) >= 11 is 0. The standard InChI is InChI=1S/C3H6O.Sn/c1-2-3-4;/h3H,2H2,1H3;. The van der Waals surface area contributed by atoms with Crippen LogP contribution in [0.2, 0.25) is 0 Å². The summed E-state index contributed by atoms with van der Waals surface area (Å²) in [5.74, 6) is 0. The molecule has 0 bridgehead atoms. The Morgan fingerprint density at radius 1 is 1.80 bits per heavy atom. The van der Waals surface area contributed by atoms with E-state index in [1.165, 1.54) is 0 Å². The Labute approximate surface area is 48.7 Å². The zero-order valence-electron chi connectivity index (χ0n) is 3.19. The van der Waals surface area contributed by atoms with E-state index in [2.05, 4.69) is 0 Å². The number of carbonyl (C=O) groups excluding carboxylic acids is 1. The van der Waals surface area contributed by atoms with Crippen molar-refractivity contribution in [1.29, 1.82) is 0 Å². The van der Waals surface area contributed by atoms with Crippen LogP contribution in [-0.4, -0.2) is 30.2 Å². The van der Waals surface area contributed by atoms with E-state index in [0.717, 1.165) is 6.29 Å². The van der Waals surface area contributed by atoms with Crippen molar-refractivity contribution in [2.45, 2.75) is 13.3 Å². The smallest absolute Gasteiger partial charge is 0.119 e. The van der Waals surface area contributed by atoms with E-state index in [-0.39, 0.29) is 23.9 Å². The Kier molecular flexibility index (Phi) is 16.0. The van der Waals surface area contributed by atoms with Gasteiger partial charge < -0.3 is 4.79 Å². The SMILES string of the molecule is CCC=O.[Sn]. The zero-order valence-corrected chi connectivity index (χ0v) is 6.05. The van der Waals surface area contributed by atoms with E-state index in [4.69, 9.17) is 0 Å². The van der Waals surface area contributed by atoms with Crippen LogP contribution in [0.1, 0.15) is 13.3 Å². The molecule has 0 atom stereocenters. The predicted molar refractivity (Wildman–Crippen MR) is 22.1 cm³/mol. The molecule has 0 heterocycles. The summed E-state index contributed by atoms with van der Waals surface area (Å²) in [6.45, 7) is 1.81. The Morgan fingerprint density at radius 2 is 2.00 bits per heavy atom. The molecule has 0 saturated carbocycles. The molecule has 0 aromatic rings. The van der Waals surface area contributed by atoms with Crippen molar-refractivity contribution in [3.8, 4) is 0 Å². The molecule has 0 aromatic carbocycles. The Hall–Kier alpha value is 0.469. The van der Waals surface area contributed by atoms with E-state index >= 15 is 0 Å². The second kappa shape index (κ2) is 8.82. The van der Waals surface area contributed by atoms with Gasteiger partial charge in [-0.1, -0.05) is 6.92 Å². The first-order valence-electron chi connectivity index (χ1n) is 1.35. The molecule has 5 heavy (non-hydrogen) atoms. The van der Waals surface area contributed by atoms with Gasteiger partial charge in [0.2, 0.25) is 0 Å². The van der Waals surface area contributed by atoms with Crippen LogP contribution in [0.15, 0.2) is 0 Å². The third-order valence-electron chi connectivity index (χ3n) is 0.167. The monoisotopic (exact) mass is 178 g/mol. The molecule has 0 saturated heterocycles. The van der Waals surface area contributed by atoms with Gasteiger partial charge in [-0.3, -0.25) is 0 Å². The van der Waals surface area contributed by atoms with Crippen LogP contribution in [0.4, 0.5) is 0 Å². The normalized spacial score (nSPS) is 5.00. The van der Waals surface area contributed by atoms with Crippen molar-refractivity contribution in [2.24, 2.45) is 0 Å². The molecule has 0 aliphatic carbocycles. The Morgan fingerprint density at radius 3 is 2.00 bits per heavy atom. The van der Waals surface area contributed by atoms with Gasteiger partial charge in [-0.05, 0) is 0 Å². The molecule has 0 aromatic heterocycles. The molecule has 0 N–H and O–H groups in total. The van der Waals surface area contributed by atoms with E-state index in [1.807, 2.05) is 6.92 Å². The predicted octanol–water partition coefficient (Wildman–Crippen LogP) is 0.214. The number of hydrogen-bond donors (Lipinski definition) is 0. The van der Waals surface area contributed by atoms with Crippen molar-refractivity contribution in [2.75, 3.05) is 0 Å². The topological polar surface area (TPSA) is 17.1 Å². The summed E-state index contributed by atoms with van der Waals surface area (Å²) in [7, 11) is 0. The van der Waals surface area contributed by atoms with E-state index < -0.39 is 0 Å². The van der Waals surface area contributed by atoms with Crippen LogP contribution < -0.4 is 0 Å². The molecule has 0 unspecified atom stereocenters. The molecule has 0 aliphatic rings. The minimum Gasteiger partial charge on any atom is -0.303 e. The van der Waals surface area contributed by atoms with Gasteiger partial charge in [0.25, 0.3) is 0 Å². The fourth-order valence-electron chi connectivity index (χ4n) is 0. The largest absolute Gasteiger partial charge is 0.303 e. The fraction of sp³-hybridized carbons (Fsp3) is 0.667. The third kappa shape index (κ3) is 12.6. The van der Waals surface area contributed by atoms with Crippen LogP contribution in [0.25, 0.3) is 0 Å². The number of carbonyl (C=O) groups is 1. The first-order valence-corrected chi connectivity index (χ1v) is 1.35. The van der Waals surface area contributed by atoms with Gasteiger partial charge >= 0.3 is 0 Å². The van der Waals surface area contributed by atoms with Crippen LogP contribution >= 0.6 is 0 Å². The quantitative estimate of drug-likeness (QED) is 0.413. The molecule has 0 amide bonds. The van der Waals surface area contributed by atoms with Gasteiger partial charge in [0.15, 0.2) is 0 Å². The third-order valence-corrected chi connectivity index (χ3v) is 0.167. The van der Waals surface area contributed by atoms with Gasteiger partial charge in [-0.15, -0.1) is 0 Å². The minimum absolute atomic E-state index is 0. The van der Waals surface area contributed by atoms with Crippen LogP contribution in [0.3, 0.4) is 0 Å². The number of aldehydes is 1. The first kappa shape index (κ1) is 9.08. The van der Waals surface area contributed by atoms with Gasteiger partial charge in [-0.2, -0.15) is 0 Å². The zero-order chi connectivity index (χ0) is 3.41. The Bertz CT molecular complexity index is 20.9. The summed E-state index contributed by atoms with van der Waals surface area (Å²) < 4.78 is 0. The van der Waals surface area contributed by atoms with E-state index in [1.54, 1.807) is 0 Å². The summed E-state index contributed by atoms with van der Waals surface area (Å²) in [5, 5.41) is 0. The molecule has 0 spiro atoms. The van der Waals surface area contributed by atoms with Gasteiger partial charge in [0, 0.05) is 30.3 Å². The van der Waals surface area contributed by atoms with Crippen molar-refractivity contribution < 1.29 is 4.79 Å². The van der Waals surface area contributed by atoms with Crippen molar-refractivity contribution in [3.63, 3.8) is 0 Å². The first-order chi connectivity index (χ1) is 1.91. The molecule has 28 valence electrons. The molecule has 0 rings (SSSR count). The summed E-state index contributed by atoms with van der Waals surface area (Å²) in [5.41, 5.74) is 0. The number of rotatable bonds is 1. The van der Waals surface area contributed by atoms with Gasteiger partial charge in [0.05, 0.1) is 0 Å². The van der Waals surface area contributed by atoms with Crippen LogP contribution in [0.5, 0.6) is 0 Å². The van der Waals surface area contributed by atoms with Crippen molar-refractivity contribution in [3.05, 3.63) is 0 Å². The molecule has 4 radical (unpaired) electrons. The summed E-state index contributed by atoms with van der Waals surface area (Å²) in [6.07, 6.45) is 1.51. The molecule has 0 fully saturated rings. The fourth-order valence-corrected chi connectivity index (χ4v) is 0. The summed E-state index contributed by atoms with van der Waals surface area (Å²) in [6, 6.07) is 0.